The van der Waals surface area contributed by atoms with Gasteiger partial charge in [0.1, 0.15) is 23.0 Å². The fourth-order valence-corrected chi connectivity index (χ4v) is 5.63. The van der Waals surface area contributed by atoms with Crippen molar-refractivity contribution in [2.45, 2.75) is 13.8 Å². The Labute approximate surface area is 327 Å². The molecule has 0 atom stereocenters. The van der Waals surface area contributed by atoms with Gasteiger partial charge in [-0.3, -0.25) is 0 Å². The Morgan fingerprint density at radius 2 is 0.635 bits per heavy atom. The summed E-state index contributed by atoms with van der Waals surface area (Å²) in [5, 5.41) is 5.10. The monoisotopic (exact) mass is 770 g/mol. The van der Waals surface area contributed by atoms with Crippen LogP contribution >= 0.6 is 48.9 Å². The van der Waals surface area contributed by atoms with E-state index in [4.69, 9.17) is 67.8 Å². The van der Waals surface area contributed by atoms with Crippen LogP contribution in [0.15, 0.2) is 72.8 Å². The molecule has 0 fully saturated rings. The van der Waals surface area contributed by atoms with Gasteiger partial charge in [-0.05, 0) is 121 Å². The number of ether oxygens (including phenoxy) is 4. The molecule has 0 radical (unpaired) electrons. The van der Waals surface area contributed by atoms with Crippen molar-refractivity contribution in [1.82, 2.24) is 19.6 Å². The number of benzene rings is 5. The molecule has 0 saturated heterocycles. The van der Waals surface area contributed by atoms with Gasteiger partial charge >= 0.3 is 0 Å². The summed E-state index contributed by atoms with van der Waals surface area (Å²) in [5.41, 5.74) is 4.96. The molecule has 52 heavy (non-hydrogen) atoms. The maximum Gasteiger partial charge on any atom is 0.264 e. The number of hydrogen-bond acceptors (Lipinski definition) is 8. The smallest absolute Gasteiger partial charge is 0.264 e. The van der Waals surface area contributed by atoms with E-state index in [0.717, 1.165) is 32.7 Å². The Hall–Kier alpha value is -4.62. The van der Waals surface area contributed by atoms with E-state index < -0.39 is 0 Å². The molecule has 0 unspecified atom stereocenters. The molecule has 5 aromatic rings. The zero-order chi connectivity index (χ0) is 38.0. The summed E-state index contributed by atoms with van der Waals surface area (Å²) in [4.78, 5) is 6.95. The second-order valence-corrected chi connectivity index (χ2v) is 14.7. The molecule has 0 aliphatic heterocycles. The third-order valence-electron chi connectivity index (χ3n) is 8.10. The Balaban J connectivity index is 1.89. The van der Waals surface area contributed by atoms with Gasteiger partial charge in [0.05, 0.1) is 0 Å². The van der Waals surface area contributed by atoms with Crippen LogP contribution < -0.4 is 18.9 Å². The summed E-state index contributed by atoms with van der Waals surface area (Å²) in [6.45, 7) is 4.11. The van der Waals surface area contributed by atoms with E-state index in [1.165, 1.54) is 0 Å². The predicted molar refractivity (Wildman–Crippen MR) is 229 cm³/mol. The molecule has 0 heterocycles. The largest absolute Gasteiger partial charge is 0.431 e. The maximum atomic E-state index is 6.52. The fraction of sp³-hybridized carbons (Fsp3) is 0.250. The van der Waals surface area contributed by atoms with Crippen LogP contribution in [0, 0.1) is 13.8 Å². The standard InChI is InChI=1S/C40H42N4O4S4/c1-23-11-13-25-17-29(33(19-27(25)15-23)45-37(49)41(3)4)31-21-36(48-40(52)44(9)10)32(22-35(31)47-39(51)43(7)8)30-18-26-14-12-24(2)16-28(26)20-34(30)46-38(50)42(5)6/h11-22H,1-10H3. The Kier molecular flexibility index (Phi) is 11.8. The van der Waals surface area contributed by atoms with Gasteiger partial charge in [-0.1, -0.05) is 47.5 Å². The van der Waals surface area contributed by atoms with Crippen LogP contribution in [0.4, 0.5) is 0 Å². The lowest BCUT2D eigenvalue weighted by atomic mass is 9.93. The van der Waals surface area contributed by atoms with Crippen molar-refractivity contribution in [3.63, 3.8) is 0 Å². The highest BCUT2D eigenvalue weighted by Gasteiger charge is 2.25. The van der Waals surface area contributed by atoms with E-state index in [0.29, 0.717) is 55.6 Å². The third-order valence-corrected chi connectivity index (χ3v) is 9.89. The Morgan fingerprint density at radius 3 is 0.923 bits per heavy atom. The minimum Gasteiger partial charge on any atom is -0.431 e. The molecule has 5 aromatic carbocycles. The SMILES string of the molecule is Cc1ccc2cc(-c3cc(OC(=S)N(C)C)c(-c4cc5ccc(C)cc5cc4OC(=S)N(C)C)cc3OC(=S)N(C)C)c(OC(=S)N(C)C)cc2c1. The molecule has 8 nitrogen and oxygen atoms in total. The van der Waals surface area contributed by atoms with Crippen molar-refractivity contribution in [1.29, 1.82) is 0 Å². The molecule has 0 bridgehead atoms. The summed E-state index contributed by atoms with van der Waals surface area (Å²) in [6.07, 6.45) is 0. The van der Waals surface area contributed by atoms with E-state index in [1.54, 1.807) is 19.6 Å². The number of rotatable bonds is 6. The minimum absolute atomic E-state index is 0.256. The third kappa shape index (κ3) is 8.70. The summed E-state index contributed by atoms with van der Waals surface area (Å²) >= 11 is 22.7. The average molecular weight is 771 g/mol. The molecule has 0 aliphatic rings. The first-order valence-electron chi connectivity index (χ1n) is 16.4. The van der Waals surface area contributed by atoms with Crippen molar-refractivity contribution in [2.24, 2.45) is 0 Å². The molecule has 0 spiro atoms. The normalized spacial score (nSPS) is 10.8. The van der Waals surface area contributed by atoms with E-state index in [9.17, 15) is 0 Å². The summed E-state index contributed by atoms with van der Waals surface area (Å²) in [5.74, 6) is 1.98. The van der Waals surface area contributed by atoms with Gasteiger partial charge in [-0.15, -0.1) is 0 Å². The van der Waals surface area contributed by atoms with E-state index in [2.05, 4.69) is 62.4 Å². The average Bonchev–Trinajstić information content (AvgIpc) is 3.07. The second kappa shape index (κ2) is 16.0. The lowest BCUT2D eigenvalue weighted by Crippen LogP contribution is -2.26. The highest BCUT2D eigenvalue weighted by molar-refractivity contribution is 7.80. The first kappa shape index (κ1) is 38.6. The predicted octanol–water partition coefficient (Wildman–Crippen LogP) is 8.85. The van der Waals surface area contributed by atoms with Gasteiger partial charge in [-0.25, -0.2) is 0 Å². The van der Waals surface area contributed by atoms with Crippen LogP contribution in [0.25, 0.3) is 43.8 Å². The minimum atomic E-state index is 0.256. The van der Waals surface area contributed by atoms with Gasteiger partial charge in [0.25, 0.3) is 20.7 Å². The van der Waals surface area contributed by atoms with Gasteiger partial charge < -0.3 is 38.5 Å². The number of thiocarbonyl (C=S) groups is 4. The van der Waals surface area contributed by atoms with Gasteiger partial charge in [-0.2, -0.15) is 0 Å². The lowest BCUT2D eigenvalue weighted by Gasteiger charge is -2.24. The topological polar surface area (TPSA) is 49.9 Å². The number of nitrogens with zero attached hydrogens (tertiary/aromatic N) is 4. The van der Waals surface area contributed by atoms with Crippen LogP contribution in [0.5, 0.6) is 23.0 Å². The maximum absolute atomic E-state index is 6.52. The molecular formula is C40H42N4O4S4. The fourth-order valence-electron chi connectivity index (χ4n) is 5.27. The van der Waals surface area contributed by atoms with Gasteiger partial charge in [0.2, 0.25) is 0 Å². The number of fused-ring (bicyclic) bond motifs is 2. The zero-order valence-electron chi connectivity index (χ0n) is 31.0. The van der Waals surface area contributed by atoms with Crippen molar-refractivity contribution >= 4 is 91.1 Å². The summed E-state index contributed by atoms with van der Waals surface area (Å²) in [7, 11) is 14.7. The highest BCUT2D eigenvalue weighted by Crippen LogP contribution is 2.48. The van der Waals surface area contributed by atoms with E-state index >= 15 is 0 Å². The Bertz CT molecular complexity index is 2080. The van der Waals surface area contributed by atoms with Gasteiger partial charge in [0, 0.05) is 78.6 Å². The first-order chi connectivity index (χ1) is 24.5. The highest BCUT2D eigenvalue weighted by atomic mass is 32.1. The zero-order valence-corrected chi connectivity index (χ0v) is 34.2. The Morgan fingerprint density at radius 1 is 0.365 bits per heavy atom. The van der Waals surface area contributed by atoms with Crippen LogP contribution in [0.3, 0.4) is 0 Å². The molecule has 0 aliphatic carbocycles. The van der Waals surface area contributed by atoms with Crippen molar-refractivity contribution in [3.05, 3.63) is 83.9 Å². The molecule has 0 N–H and O–H groups in total. The molecular weight excluding hydrogens is 729 g/mol. The van der Waals surface area contributed by atoms with Crippen molar-refractivity contribution in [2.75, 3.05) is 56.4 Å². The quantitative estimate of drug-likeness (QED) is 0.155. The molecule has 0 aromatic heterocycles. The number of hydrogen-bond donors (Lipinski definition) is 0. The molecule has 12 heteroatoms. The lowest BCUT2D eigenvalue weighted by molar-refractivity contribution is 0.440. The van der Waals surface area contributed by atoms with Gasteiger partial charge in [0.15, 0.2) is 0 Å². The van der Waals surface area contributed by atoms with Crippen molar-refractivity contribution in [3.8, 4) is 45.3 Å². The summed E-state index contributed by atoms with van der Waals surface area (Å²) < 4.78 is 25.8. The van der Waals surface area contributed by atoms with Crippen LogP contribution in [-0.4, -0.2) is 96.7 Å². The molecule has 5 rings (SSSR count). The van der Waals surface area contributed by atoms with E-state index in [1.807, 2.05) is 80.6 Å². The van der Waals surface area contributed by atoms with Crippen molar-refractivity contribution < 1.29 is 18.9 Å². The van der Waals surface area contributed by atoms with Crippen LogP contribution in [-0.2, 0) is 0 Å². The van der Waals surface area contributed by atoms with Crippen LogP contribution in [0.2, 0.25) is 0 Å². The molecule has 270 valence electrons. The second-order valence-electron chi connectivity index (χ2n) is 13.3. The summed E-state index contributed by atoms with van der Waals surface area (Å²) in [6, 6.07) is 24.4. The number of aryl methyl sites for hydroxylation is 2. The van der Waals surface area contributed by atoms with Crippen LogP contribution in [0.1, 0.15) is 11.1 Å². The molecule has 0 saturated carbocycles. The molecule has 0 amide bonds. The first-order valence-corrected chi connectivity index (χ1v) is 18.0. The van der Waals surface area contributed by atoms with E-state index in [-0.39, 0.29) is 10.3 Å².